The molecule has 0 saturated heterocycles. The molecule has 0 fully saturated rings. The standard InChI is InChI=1S/C13H19BrClNO/c1-10(2)16(7-6-15)9-11-4-5-13(17-3)12(14)8-11/h4-5,8,10H,6-7,9H2,1-3H3. The van der Waals surface area contributed by atoms with Crippen LogP contribution in [-0.2, 0) is 6.54 Å². The quantitative estimate of drug-likeness (QED) is 0.737. The Bertz CT molecular complexity index is 357. The molecule has 17 heavy (non-hydrogen) atoms. The fourth-order valence-corrected chi connectivity index (χ4v) is 2.48. The number of hydrogen-bond donors (Lipinski definition) is 0. The van der Waals surface area contributed by atoms with Gasteiger partial charge in [-0.1, -0.05) is 6.07 Å². The van der Waals surface area contributed by atoms with Gasteiger partial charge in [-0.2, -0.15) is 0 Å². The van der Waals surface area contributed by atoms with E-state index in [-0.39, 0.29) is 0 Å². The van der Waals surface area contributed by atoms with Crippen LogP contribution < -0.4 is 4.74 Å². The summed E-state index contributed by atoms with van der Waals surface area (Å²) in [7, 11) is 1.67. The Kier molecular flexibility index (Phi) is 6.31. The zero-order valence-corrected chi connectivity index (χ0v) is 12.9. The molecule has 0 amide bonds. The normalized spacial score (nSPS) is 11.2. The SMILES string of the molecule is COc1ccc(CN(CCCl)C(C)C)cc1Br. The van der Waals surface area contributed by atoms with Gasteiger partial charge in [0.15, 0.2) is 0 Å². The average molecular weight is 321 g/mol. The Morgan fingerprint density at radius 3 is 2.59 bits per heavy atom. The zero-order valence-electron chi connectivity index (χ0n) is 10.5. The molecule has 0 aliphatic heterocycles. The number of halogens is 2. The molecule has 0 saturated carbocycles. The van der Waals surface area contributed by atoms with Crippen molar-refractivity contribution in [3.05, 3.63) is 28.2 Å². The molecule has 0 aliphatic rings. The largest absolute Gasteiger partial charge is 0.496 e. The second-order valence-corrected chi connectivity index (χ2v) is 5.45. The highest BCUT2D eigenvalue weighted by Gasteiger charge is 2.10. The van der Waals surface area contributed by atoms with E-state index in [1.54, 1.807) is 7.11 Å². The maximum absolute atomic E-state index is 5.81. The zero-order chi connectivity index (χ0) is 12.8. The van der Waals surface area contributed by atoms with Crippen LogP contribution in [0, 0.1) is 0 Å². The first-order valence-corrected chi connectivity index (χ1v) is 7.03. The Hall–Kier alpha value is -0.250. The summed E-state index contributed by atoms with van der Waals surface area (Å²) in [5.41, 5.74) is 1.26. The van der Waals surface area contributed by atoms with Crippen molar-refractivity contribution in [3.8, 4) is 5.75 Å². The molecule has 2 nitrogen and oxygen atoms in total. The van der Waals surface area contributed by atoms with Crippen LogP contribution in [0.25, 0.3) is 0 Å². The van der Waals surface area contributed by atoms with Gasteiger partial charge in [-0.25, -0.2) is 0 Å². The van der Waals surface area contributed by atoms with Gasteiger partial charge in [0, 0.05) is 25.0 Å². The van der Waals surface area contributed by atoms with Crippen molar-refractivity contribution in [1.82, 2.24) is 4.90 Å². The van der Waals surface area contributed by atoms with Crippen molar-refractivity contribution in [3.63, 3.8) is 0 Å². The van der Waals surface area contributed by atoms with E-state index in [4.69, 9.17) is 16.3 Å². The molecule has 96 valence electrons. The molecule has 0 atom stereocenters. The fourth-order valence-electron chi connectivity index (χ4n) is 1.67. The predicted octanol–water partition coefficient (Wildman–Crippen LogP) is 3.91. The molecular weight excluding hydrogens is 302 g/mol. The van der Waals surface area contributed by atoms with E-state index in [9.17, 15) is 0 Å². The lowest BCUT2D eigenvalue weighted by atomic mass is 10.2. The van der Waals surface area contributed by atoms with Crippen LogP contribution in [-0.4, -0.2) is 30.5 Å². The predicted molar refractivity (Wildman–Crippen MR) is 77.0 cm³/mol. The molecular formula is C13H19BrClNO. The van der Waals surface area contributed by atoms with Crippen LogP contribution in [0.1, 0.15) is 19.4 Å². The van der Waals surface area contributed by atoms with Crippen LogP contribution in [0.15, 0.2) is 22.7 Å². The maximum Gasteiger partial charge on any atom is 0.133 e. The Balaban J connectivity index is 2.76. The average Bonchev–Trinajstić information content (AvgIpc) is 2.28. The van der Waals surface area contributed by atoms with Crippen molar-refractivity contribution >= 4 is 27.5 Å². The van der Waals surface area contributed by atoms with Crippen molar-refractivity contribution in [2.45, 2.75) is 26.4 Å². The van der Waals surface area contributed by atoms with Crippen LogP contribution in [0.5, 0.6) is 5.75 Å². The summed E-state index contributed by atoms with van der Waals surface area (Å²) in [5.74, 6) is 1.53. The number of nitrogens with zero attached hydrogens (tertiary/aromatic N) is 1. The third kappa shape index (κ3) is 4.49. The Morgan fingerprint density at radius 2 is 2.12 bits per heavy atom. The van der Waals surface area contributed by atoms with Gasteiger partial charge in [0.1, 0.15) is 5.75 Å². The summed E-state index contributed by atoms with van der Waals surface area (Å²) in [6.45, 7) is 6.19. The molecule has 0 radical (unpaired) electrons. The summed E-state index contributed by atoms with van der Waals surface area (Å²) >= 11 is 9.32. The van der Waals surface area contributed by atoms with E-state index >= 15 is 0 Å². The van der Waals surface area contributed by atoms with Crippen LogP contribution in [0.2, 0.25) is 0 Å². The van der Waals surface area contributed by atoms with Gasteiger partial charge in [-0.3, -0.25) is 4.90 Å². The molecule has 0 bridgehead atoms. The number of alkyl halides is 1. The second-order valence-electron chi connectivity index (χ2n) is 4.22. The maximum atomic E-state index is 5.81. The summed E-state index contributed by atoms with van der Waals surface area (Å²) in [6, 6.07) is 6.67. The molecule has 0 aliphatic carbocycles. The third-order valence-electron chi connectivity index (χ3n) is 2.70. The Morgan fingerprint density at radius 1 is 1.41 bits per heavy atom. The van der Waals surface area contributed by atoms with Crippen molar-refractivity contribution < 1.29 is 4.74 Å². The molecule has 1 aromatic carbocycles. The smallest absolute Gasteiger partial charge is 0.133 e. The lowest BCUT2D eigenvalue weighted by Gasteiger charge is -2.25. The summed E-state index contributed by atoms with van der Waals surface area (Å²) < 4.78 is 6.21. The third-order valence-corrected chi connectivity index (χ3v) is 3.49. The van der Waals surface area contributed by atoms with Crippen LogP contribution in [0.4, 0.5) is 0 Å². The highest BCUT2D eigenvalue weighted by atomic mass is 79.9. The topological polar surface area (TPSA) is 12.5 Å². The first-order chi connectivity index (χ1) is 8.08. The van der Waals surface area contributed by atoms with Gasteiger partial charge >= 0.3 is 0 Å². The summed E-state index contributed by atoms with van der Waals surface area (Å²) in [4.78, 5) is 2.35. The van der Waals surface area contributed by atoms with E-state index in [1.165, 1.54) is 5.56 Å². The lowest BCUT2D eigenvalue weighted by molar-refractivity contribution is 0.226. The Labute approximate surface area is 117 Å². The minimum Gasteiger partial charge on any atom is -0.496 e. The molecule has 0 spiro atoms. The van der Waals surface area contributed by atoms with E-state index in [1.807, 2.05) is 6.07 Å². The van der Waals surface area contributed by atoms with E-state index in [0.29, 0.717) is 11.9 Å². The highest BCUT2D eigenvalue weighted by molar-refractivity contribution is 9.10. The summed E-state index contributed by atoms with van der Waals surface area (Å²) in [6.07, 6.45) is 0. The lowest BCUT2D eigenvalue weighted by Crippen LogP contribution is -2.32. The minimum absolute atomic E-state index is 0.495. The number of benzene rings is 1. The van der Waals surface area contributed by atoms with Gasteiger partial charge in [-0.05, 0) is 47.5 Å². The molecule has 0 aromatic heterocycles. The van der Waals surface area contributed by atoms with Crippen LogP contribution in [0.3, 0.4) is 0 Å². The number of ether oxygens (including phenoxy) is 1. The van der Waals surface area contributed by atoms with Crippen LogP contribution >= 0.6 is 27.5 Å². The van der Waals surface area contributed by atoms with E-state index in [0.717, 1.165) is 23.3 Å². The van der Waals surface area contributed by atoms with Crippen molar-refractivity contribution in [2.75, 3.05) is 19.5 Å². The number of hydrogen-bond acceptors (Lipinski definition) is 2. The van der Waals surface area contributed by atoms with Gasteiger partial charge in [0.2, 0.25) is 0 Å². The van der Waals surface area contributed by atoms with Crippen molar-refractivity contribution in [2.24, 2.45) is 0 Å². The molecule has 0 N–H and O–H groups in total. The monoisotopic (exact) mass is 319 g/mol. The minimum atomic E-state index is 0.495. The van der Waals surface area contributed by atoms with Gasteiger partial charge in [-0.15, -0.1) is 11.6 Å². The first-order valence-electron chi connectivity index (χ1n) is 5.71. The second kappa shape index (κ2) is 7.24. The molecule has 1 aromatic rings. The highest BCUT2D eigenvalue weighted by Crippen LogP contribution is 2.26. The molecule has 1 rings (SSSR count). The van der Waals surface area contributed by atoms with Crippen molar-refractivity contribution in [1.29, 1.82) is 0 Å². The first kappa shape index (κ1) is 14.8. The molecule has 0 heterocycles. The molecule has 4 heteroatoms. The number of rotatable bonds is 6. The molecule has 0 unspecified atom stereocenters. The van der Waals surface area contributed by atoms with E-state index in [2.05, 4.69) is 46.8 Å². The van der Waals surface area contributed by atoms with Gasteiger partial charge in [0.05, 0.1) is 11.6 Å². The van der Waals surface area contributed by atoms with Gasteiger partial charge in [0.25, 0.3) is 0 Å². The van der Waals surface area contributed by atoms with Gasteiger partial charge < -0.3 is 4.74 Å². The summed E-state index contributed by atoms with van der Waals surface area (Å²) in [5, 5.41) is 0. The van der Waals surface area contributed by atoms with E-state index < -0.39 is 0 Å². The fraction of sp³-hybridized carbons (Fsp3) is 0.538. The number of methoxy groups -OCH3 is 1.